The molecule has 5 heteroatoms. The van der Waals surface area contributed by atoms with Crippen LogP contribution in [-0.2, 0) is 4.79 Å². The van der Waals surface area contributed by atoms with Crippen LogP contribution in [0.4, 0.5) is 4.39 Å². The Hall–Kier alpha value is -2.66. The van der Waals surface area contributed by atoms with Crippen LogP contribution in [-0.4, -0.2) is 24.2 Å². The van der Waals surface area contributed by atoms with Crippen molar-refractivity contribution in [2.24, 2.45) is 0 Å². The zero-order valence-corrected chi connectivity index (χ0v) is 14.3. The first kappa shape index (κ1) is 18.7. The van der Waals surface area contributed by atoms with E-state index in [1.165, 1.54) is 31.4 Å². The van der Waals surface area contributed by atoms with Crippen molar-refractivity contribution in [2.75, 3.05) is 7.11 Å². The molecule has 0 aliphatic rings. The molecule has 0 radical (unpaired) electrons. The van der Waals surface area contributed by atoms with E-state index >= 15 is 0 Å². The van der Waals surface area contributed by atoms with Crippen LogP contribution in [0.15, 0.2) is 54.6 Å². The van der Waals surface area contributed by atoms with Gasteiger partial charge in [0.1, 0.15) is 0 Å². The van der Waals surface area contributed by atoms with Gasteiger partial charge in [0.25, 0.3) is 0 Å². The Bertz CT molecular complexity index is 731. The van der Waals surface area contributed by atoms with E-state index in [0.717, 1.165) is 5.56 Å². The van der Waals surface area contributed by atoms with Crippen LogP contribution in [0.25, 0.3) is 6.08 Å². The fourth-order valence-corrected chi connectivity index (χ4v) is 2.45. The molecule has 4 nitrogen and oxygen atoms in total. The van der Waals surface area contributed by atoms with E-state index < -0.39 is 11.9 Å². The number of amides is 1. The van der Waals surface area contributed by atoms with E-state index in [4.69, 9.17) is 4.74 Å². The van der Waals surface area contributed by atoms with Gasteiger partial charge in [0.05, 0.1) is 13.2 Å². The highest BCUT2D eigenvalue weighted by molar-refractivity contribution is 5.91. The molecule has 25 heavy (non-hydrogen) atoms. The molecule has 0 saturated carbocycles. The molecule has 1 amide bonds. The van der Waals surface area contributed by atoms with Gasteiger partial charge in [0.2, 0.25) is 5.91 Å². The van der Waals surface area contributed by atoms with Gasteiger partial charge in [-0.05, 0) is 42.7 Å². The largest absolute Gasteiger partial charge is 0.494 e. The molecule has 2 aromatic rings. The second-order valence-electron chi connectivity index (χ2n) is 5.80. The molecule has 0 bridgehead atoms. The van der Waals surface area contributed by atoms with E-state index in [0.29, 0.717) is 12.0 Å². The quantitative estimate of drug-likeness (QED) is 0.757. The van der Waals surface area contributed by atoms with Gasteiger partial charge in [-0.25, -0.2) is 4.39 Å². The summed E-state index contributed by atoms with van der Waals surface area (Å²) in [5.74, 6) is -0.626. The number of nitrogens with one attached hydrogen (secondary N) is 1. The molecule has 2 N–H and O–H groups in total. The predicted octanol–water partition coefficient (Wildman–Crippen LogP) is 3.48. The highest BCUT2D eigenvalue weighted by Crippen LogP contribution is 2.19. The molecule has 0 aliphatic carbocycles. The minimum absolute atomic E-state index is 0.158. The van der Waals surface area contributed by atoms with Crippen molar-refractivity contribution >= 4 is 12.0 Å². The van der Waals surface area contributed by atoms with Crippen LogP contribution < -0.4 is 10.1 Å². The maximum absolute atomic E-state index is 13.6. The lowest BCUT2D eigenvalue weighted by atomic mass is 10.0. The van der Waals surface area contributed by atoms with Crippen molar-refractivity contribution in [1.29, 1.82) is 0 Å². The standard InChI is InChI=1S/C20H22FNO3/c1-14(12-18(23)16-6-4-3-5-7-16)22-20(24)11-9-15-8-10-19(25-2)17(21)13-15/h3-11,13-14,18,23H,12H2,1-2H3,(H,22,24)/b11-9+. The number of carbonyl (C=O) groups excluding carboxylic acids is 1. The van der Waals surface area contributed by atoms with E-state index in [-0.39, 0.29) is 17.7 Å². The normalized spacial score (nSPS) is 13.4. The Kier molecular flexibility index (Phi) is 6.71. The van der Waals surface area contributed by atoms with Crippen molar-refractivity contribution < 1.29 is 19.0 Å². The maximum atomic E-state index is 13.6. The first-order valence-electron chi connectivity index (χ1n) is 8.04. The van der Waals surface area contributed by atoms with Gasteiger partial charge in [-0.3, -0.25) is 4.79 Å². The van der Waals surface area contributed by atoms with Gasteiger partial charge in [-0.15, -0.1) is 0 Å². The van der Waals surface area contributed by atoms with Gasteiger partial charge >= 0.3 is 0 Å². The first-order chi connectivity index (χ1) is 12.0. The third kappa shape index (κ3) is 5.72. The van der Waals surface area contributed by atoms with Crippen molar-refractivity contribution in [1.82, 2.24) is 5.32 Å². The maximum Gasteiger partial charge on any atom is 0.244 e. The average molecular weight is 343 g/mol. The van der Waals surface area contributed by atoms with Crippen molar-refractivity contribution in [3.8, 4) is 5.75 Å². The SMILES string of the molecule is COc1ccc(/C=C/C(=O)NC(C)CC(O)c2ccccc2)cc1F. The number of ether oxygens (including phenoxy) is 1. The van der Waals surface area contributed by atoms with Crippen molar-refractivity contribution in [2.45, 2.75) is 25.5 Å². The fraction of sp³-hybridized carbons (Fsp3) is 0.250. The van der Waals surface area contributed by atoms with Crippen LogP contribution in [0.3, 0.4) is 0 Å². The zero-order chi connectivity index (χ0) is 18.2. The van der Waals surface area contributed by atoms with Crippen LogP contribution in [0.1, 0.15) is 30.6 Å². The summed E-state index contributed by atoms with van der Waals surface area (Å²) in [7, 11) is 1.40. The summed E-state index contributed by atoms with van der Waals surface area (Å²) in [5, 5.41) is 13.0. The molecular weight excluding hydrogens is 321 g/mol. The smallest absolute Gasteiger partial charge is 0.244 e. The average Bonchev–Trinajstić information content (AvgIpc) is 2.60. The molecule has 0 fully saturated rings. The molecule has 0 aliphatic heterocycles. The summed E-state index contributed by atoms with van der Waals surface area (Å²) >= 11 is 0. The predicted molar refractivity (Wildman–Crippen MR) is 95.6 cm³/mol. The highest BCUT2D eigenvalue weighted by atomic mass is 19.1. The number of benzene rings is 2. The Balaban J connectivity index is 1.87. The number of halogens is 1. The second-order valence-corrected chi connectivity index (χ2v) is 5.80. The third-order valence-corrected chi connectivity index (χ3v) is 3.75. The van der Waals surface area contributed by atoms with Crippen LogP contribution in [0.5, 0.6) is 5.75 Å². The molecule has 132 valence electrons. The lowest BCUT2D eigenvalue weighted by Gasteiger charge is -2.17. The number of aliphatic hydroxyl groups excluding tert-OH is 1. The summed E-state index contributed by atoms with van der Waals surface area (Å²) in [6.45, 7) is 1.82. The molecule has 0 spiro atoms. The summed E-state index contributed by atoms with van der Waals surface area (Å²) in [4.78, 5) is 12.0. The van der Waals surface area contributed by atoms with Crippen LogP contribution in [0, 0.1) is 5.82 Å². The van der Waals surface area contributed by atoms with Crippen LogP contribution >= 0.6 is 0 Å². The minimum Gasteiger partial charge on any atom is -0.494 e. The van der Waals surface area contributed by atoms with E-state index in [2.05, 4.69) is 5.32 Å². The topological polar surface area (TPSA) is 58.6 Å². The highest BCUT2D eigenvalue weighted by Gasteiger charge is 2.13. The Morgan fingerprint density at radius 2 is 2.00 bits per heavy atom. The number of hydrogen-bond acceptors (Lipinski definition) is 3. The van der Waals surface area contributed by atoms with Gasteiger partial charge in [0, 0.05) is 12.1 Å². The summed E-state index contributed by atoms with van der Waals surface area (Å²) in [5.41, 5.74) is 1.37. The molecule has 2 rings (SSSR count). The summed E-state index contributed by atoms with van der Waals surface area (Å²) in [6, 6.07) is 13.5. The van der Waals surface area contributed by atoms with Crippen LogP contribution in [0.2, 0.25) is 0 Å². The number of rotatable bonds is 7. The van der Waals surface area contributed by atoms with Gasteiger partial charge in [0.15, 0.2) is 11.6 Å². The molecule has 2 atom stereocenters. The zero-order valence-electron chi connectivity index (χ0n) is 14.3. The number of hydrogen-bond donors (Lipinski definition) is 2. The minimum atomic E-state index is -0.642. The molecule has 0 saturated heterocycles. The fourth-order valence-electron chi connectivity index (χ4n) is 2.45. The second kappa shape index (κ2) is 8.99. The summed E-state index contributed by atoms with van der Waals surface area (Å²) < 4.78 is 18.5. The Morgan fingerprint density at radius 1 is 1.28 bits per heavy atom. The molecular formula is C20H22FNO3. The molecule has 2 aromatic carbocycles. The molecule has 2 unspecified atom stereocenters. The van der Waals surface area contributed by atoms with E-state index in [1.807, 2.05) is 37.3 Å². The number of carbonyl (C=O) groups is 1. The first-order valence-corrected chi connectivity index (χ1v) is 8.04. The summed E-state index contributed by atoms with van der Waals surface area (Å²) in [6.07, 6.45) is 2.63. The lowest BCUT2D eigenvalue weighted by molar-refractivity contribution is -0.117. The molecule has 0 aromatic heterocycles. The number of methoxy groups -OCH3 is 1. The number of aliphatic hydroxyl groups is 1. The van der Waals surface area contributed by atoms with E-state index in [1.54, 1.807) is 6.07 Å². The van der Waals surface area contributed by atoms with E-state index in [9.17, 15) is 14.3 Å². The van der Waals surface area contributed by atoms with Gasteiger partial charge in [-0.2, -0.15) is 0 Å². The van der Waals surface area contributed by atoms with Gasteiger partial charge in [-0.1, -0.05) is 36.4 Å². The monoisotopic (exact) mass is 343 g/mol. The molecule has 0 heterocycles. The van der Waals surface area contributed by atoms with Gasteiger partial charge < -0.3 is 15.2 Å². The Morgan fingerprint density at radius 3 is 2.64 bits per heavy atom. The Labute approximate surface area is 147 Å². The van der Waals surface area contributed by atoms with Crippen molar-refractivity contribution in [3.63, 3.8) is 0 Å². The third-order valence-electron chi connectivity index (χ3n) is 3.75. The van der Waals surface area contributed by atoms with Crippen molar-refractivity contribution in [3.05, 3.63) is 71.6 Å². The lowest BCUT2D eigenvalue weighted by Crippen LogP contribution is -2.32.